The second-order valence-corrected chi connectivity index (χ2v) is 11.1. The van der Waals surface area contributed by atoms with Gasteiger partial charge in [0, 0.05) is 28.2 Å². The number of anilines is 2. The van der Waals surface area contributed by atoms with Crippen molar-refractivity contribution in [3.05, 3.63) is 92.6 Å². The third-order valence-electron chi connectivity index (χ3n) is 6.12. The molecule has 5 nitrogen and oxygen atoms in total. The van der Waals surface area contributed by atoms with Crippen LogP contribution < -0.4 is 10.6 Å². The SMILES string of the molecule is C=C(F)c1c(F)cnc(NC(=O)c2cc(NCC3(C=O)C(c4cc(Cl)cc(Cl)c4)C3(Cl)Cl)ccc2Cl)c1F. The van der Waals surface area contributed by atoms with Crippen LogP contribution in [0.2, 0.25) is 15.1 Å². The Morgan fingerprint density at radius 2 is 1.76 bits per heavy atom. The van der Waals surface area contributed by atoms with Crippen molar-refractivity contribution in [3.63, 3.8) is 0 Å². The molecule has 198 valence electrons. The number of amides is 1. The fraction of sp³-hybridized carbons (Fsp3) is 0.160. The summed E-state index contributed by atoms with van der Waals surface area (Å²) >= 11 is 31.4. The van der Waals surface area contributed by atoms with E-state index >= 15 is 0 Å². The molecule has 1 heterocycles. The van der Waals surface area contributed by atoms with Crippen LogP contribution >= 0.6 is 58.0 Å². The highest BCUT2D eigenvalue weighted by atomic mass is 35.5. The highest BCUT2D eigenvalue weighted by Gasteiger charge is 2.76. The number of aromatic nitrogens is 1. The Balaban J connectivity index is 1.56. The Morgan fingerprint density at radius 1 is 1.11 bits per heavy atom. The van der Waals surface area contributed by atoms with E-state index in [0.717, 1.165) is 0 Å². The Kier molecular flexibility index (Phi) is 7.94. The molecule has 1 aromatic heterocycles. The summed E-state index contributed by atoms with van der Waals surface area (Å²) < 4.78 is 40.2. The normalized spacial score (nSPS) is 19.5. The second-order valence-electron chi connectivity index (χ2n) is 8.47. The number of hydrogen-bond acceptors (Lipinski definition) is 4. The first-order valence-corrected chi connectivity index (χ1v) is 12.5. The summed E-state index contributed by atoms with van der Waals surface area (Å²) in [6.45, 7) is 2.83. The average molecular weight is 624 g/mol. The van der Waals surface area contributed by atoms with Crippen molar-refractivity contribution in [1.29, 1.82) is 0 Å². The molecule has 4 rings (SSSR count). The van der Waals surface area contributed by atoms with Crippen molar-refractivity contribution in [2.24, 2.45) is 5.41 Å². The van der Waals surface area contributed by atoms with Gasteiger partial charge in [-0.3, -0.25) is 4.79 Å². The molecule has 1 amide bonds. The topological polar surface area (TPSA) is 71.1 Å². The number of halogens is 8. The molecule has 0 bridgehead atoms. The van der Waals surface area contributed by atoms with Crippen LogP contribution in [0.5, 0.6) is 0 Å². The van der Waals surface area contributed by atoms with E-state index in [1.54, 1.807) is 12.1 Å². The van der Waals surface area contributed by atoms with Crippen molar-refractivity contribution < 1.29 is 22.8 Å². The zero-order valence-electron chi connectivity index (χ0n) is 18.9. The van der Waals surface area contributed by atoms with E-state index in [1.807, 2.05) is 0 Å². The number of aldehydes is 1. The first kappa shape index (κ1) is 28.5. The van der Waals surface area contributed by atoms with Gasteiger partial charge in [-0.05, 0) is 42.0 Å². The molecule has 0 spiro atoms. The number of rotatable bonds is 8. The number of nitrogens with zero attached hydrogens (tertiary/aromatic N) is 1. The zero-order valence-corrected chi connectivity index (χ0v) is 22.7. The van der Waals surface area contributed by atoms with Crippen molar-refractivity contribution in [3.8, 4) is 0 Å². The summed E-state index contributed by atoms with van der Waals surface area (Å²) in [5, 5.41) is 5.81. The van der Waals surface area contributed by atoms with E-state index in [0.29, 0.717) is 33.8 Å². The van der Waals surface area contributed by atoms with Crippen LogP contribution in [-0.4, -0.2) is 28.1 Å². The van der Waals surface area contributed by atoms with Crippen LogP contribution in [0.15, 0.2) is 49.2 Å². The molecule has 0 saturated heterocycles. The lowest BCUT2D eigenvalue weighted by Crippen LogP contribution is -2.23. The van der Waals surface area contributed by atoms with Gasteiger partial charge in [0.1, 0.15) is 16.4 Å². The van der Waals surface area contributed by atoms with Crippen LogP contribution in [-0.2, 0) is 4.79 Å². The molecule has 1 aliphatic carbocycles. The summed E-state index contributed by atoms with van der Waals surface area (Å²) in [6.07, 6.45) is 1.18. The van der Waals surface area contributed by atoms with Crippen LogP contribution in [0, 0.1) is 17.0 Å². The van der Waals surface area contributed by atoms with Gasteiger partial charge in [-0.25, -0.2) is 18.2 Å². The lowest BCUT2D eigenvalue weighted by atomic mass is 10.00. The minimum Gasteiger partial charge on any atom is -0.384 e. The van der Waals surface area contributed by atoms with E-state index in [1.165, 1.54) is 24.3 Å². The fourth-order valence-corrected chi connectivity index (χ4v) is 5.89. The number of pyridine rings is 1. The van der Waals surface area contributed by atoms with E-state index in [4.69, 9.17) is 58.0 Å². The second kappa shape index (κ2) is 10.6. The van der Waals surface area contributed by atoms with Crippen molar-refractivity contribution in [2.45, 2.75) is 10.3 Å². The summed E-state index contributed by atoms with van der Waals surface area (Å²) in [6, 6.07) is 8.98. The van der Waals surface area contributed by atoms with E-state index in [-0.39, 0.29) is 17.1 Å². The molecular weight excluding hydrogens is 609 g/mol. The van der Waals surface area contributed by atoms with Gasteiger partial charge in [0.05, 0.1) is 27.8 Å². The third-order valence-corrected chi connectivity index (χ3v) is 8.02. The maximum Gasteiger partial charge on any atom is 0.258 e. The molecule has 1 fully saturated rings. The summed E-state index contributed by atoms with van der Waals surface area (Å²) in [5.74, 6) is -6.38. The van der Waals surface area contributed by atoms with Crippen LogP contribution in [0.25, 0.3) is 5.83 Å². The van der Waals surface area contributed by atoms with Crippen molar-refractivity contribution >= 4 is 87.5 Å². The maximum absolute atomic E-state index is 14.5. The fourth-order valence-electron chi connectivity index (χ4n) is 4.17. The quantitative estimate of drug-likeness (QED) is 0.197. The smallest absolute Gasteiger partial charge is 0.258 e. The van der Waals surface area contributed by atoms with Crippen molar-refractivity contribution in [1.82, 2.24) is 4.98 Å². The van der Waals surface area contributed by atoms with Crippen LogP contribution in [0.3, 0.4) is 0 Å². The molecule has 13 heteroatoms. The molecule has 3 aromatic rings. The number of alkyl halides is 2. The van der Waals surface area contributed by atoms with Gasteiger partial charge in [0.2, 0.25) is 0 Å². The minimum absolute atomic E-state index is 0.0160. The van der Waals surface area contributed by atoms with Crippen LogP contribution in [0.4, 0.5) is 24.7 Å². The molecule has 1 saturated carbocycles. The van der Waals surface area contributed by atoms with Gasteiger partial charge in [0.25, 0.3) is 5.91 Å². The Hall–Kier alpha value is -2.49. The highest BCUT2D eigenvalue weighted by molar-refractivity contribution is 6.54. The predicted molar refractivity (Wildman–Crippen MR) is 144 cm³/mol. The lowest BCUT2D eigenvalue weighted by Gasteiger charge is -2.15. The number of carbonyl (C=O) groups excluding carboxylic acids is 2. The number of hydrogen-bond donors (Lipinski definition) is 2. The first-order chi connectivity index (χ1) is 17.8. The largest absolute Gasteiger partial charge is 0.384 e. The molecule has 2 N–H and O–H groups in total. The molecule has 0 radical (unpaired) electrons. The Morgan fingerprint density at radius 3 is 2.37 bits per heavy atom. The predicted octanol–water partition coefficient (Wildman–Crippen LogP) is 8.08. The lowest BCUT2D eigenvalue weighted by molar-refractivity contribution is -0.112. The third kappa shape index (κ3) is 5.08. The van der Waals surface area contributed by atoms with Gasteiger partial charge in [-0.1, -0.05) is 64.6 Å². The molecule has 2 unspecified atom stereocenters. The van der Waals surface area contributed by atoms with Gasteiger partial charge < -0.3 is 15.4 Å². The monoisotopic (exact) mass is 621 g/mol. The average Bonchev–Trinajstić information content (AvgIpc) is 3.34. The minimum atomic E-state index is -1.48. The number of benzene rings is 2. The zero-order chi connectivity index (χ0) is 28.0. The molecule has 2 aromatic carbocycles. The Labute approximate surface area is 239 Å². The molecule has 38 heavy (non-hydrogen) atoms. The molecular formula is C25H15Cl5F3N3O2. The molecule has 2 atom stereocenters. The number of nitrogens with one attached hydrogen (secondary N) is 2. The number of carbonyl (C=O) groups is 2. The van der Waals surface area contributed by atoms with Gasteiger partial charge in [-0.2, -0.15) is 0 Å². The summed E-state index contributed by atoms with van der Waals surface area (Å²) in [7, 11) is 0. The molecule has 1 aliphatic rings. The standard InChI is InChI=1S/C25H15Cl5F3N3O2/c1-11(31)19-18(32)8-34-22(20(19)33)36-23(38)16-7-15(2-3-17(16)28)35-9-24(10-37)21(25(24,29)30)12-4-13(26)6-14(27)5-12/h2-8,10,21,35H,1,9H2,(H,34,36,38). The van der Waals surface area contributed by atoms with Crippen molar-refractivity contribution in [2.75, 3.05) is 17.2 Å². The van der Waals surface area contributed by atoms with E-state index in [9.17, 15) is 22.8 Å². The van der Waals surface area contributed by atoms with Gasteiger partial charge in [0.15, 0.2) is 17.5 Å². The Bertz CT molecular complexity index is 1470. The van der Waals surface area contributed by atoms with E-state index < -0.39 is 50.4 Å². The van der Waals surface area contributed by atoms with E-state index in [2.05, 4.69) is 22.2 Å². The first-order valence-electron chi connectivity index (χ1n) is 10.7. The maximum atomic E-state index is 14.5. The van der Waals surface area contributed by atoms with Gasteiger partial charge in [-0.15, -0.1) is 0 Å². The van der Waals surface area contributed by atoms with Gasteiger partial charge >= 0.3 is 0 Å². The highest BCUT2D eigenvalue weighted by Crippen LogP contribution is 2.73. The summed E-state index contributed by atoms with van der Waals surface area (Å²) in [5.41, 5.74) is -1.54. The van der Waals surface area contributed by atoms with Crippen LogP contribution in [0.1, 0.15) is 27.4 Å². The summed E-state index contributed by atoms with van der Waals surface area (Å²) in [4.78, 5) is 28.5. The molecule has 0 aliphatic heterocycles.